The van der Waals surface area contributed by atoms with Gasteiger partial charge in [-0.1, -0.05) is 0 Å². The molecule has 1 aliphatic rings. The number of nitrogens with one attached hydrogen (secondary N) is 1. The van der Waals surface area contributed by atoms with Crippen molar-refractivity contribution >= 4 is 17.7 Å². The Balaban J connectivity index is 1.86. The van der Waals surface area contributed by atoms with E-state index in [1.807, 2.05) is 41.5 Å². The van der Waals surface area contributed by atoms with Crippen molar-refractivity contribution in [3.8, 4) is 0 Å². The zero-order valence-electron chi connectivity index (χ0n) is 25.9. The van der Waals surface area contributed by atoms with Gasteiger partial charge in [-0.05, 0) is 98.4 Å². The lowest BCUT2D eigenvalue weighted by atomic mass is 9.90. The summed E-state index contributed by atoms with van der Waals surface area (Å²) in [6, 6.07) is 2.40. The van der Waals surface area contributed by atoms with Crippen LogP contribution in [0.4, 0.5) is 19.3 Å². The number of piperidine rings is 1. The van der Waals surface area contributed by atoms with Crippen molar-refractivity contribution in [1.82, 2.24) is 14.8 Å². The Labute approximate surface area is 241 Å². The summed E-state index contributed by atoms with van der Waals surface area (Å²) in [5.74, 6) is -1.61. The molecule has 2 aromatic rings. The lowest BCUT2D eigenvalue weighted by Crippen LogP contribution is -2.56. The second-order valence-corrected chi connectivity index (χ2v) is 12.1. The number of hydrogen-bond donors (Lipinski definition) is 1. The van der Waals surface area contributed by atoms with Crippen LogP contribution in [0.1, 0.15) is 87.1 Å². The average molecular weight is 575 g/mol. The number of rotatable bonds is 6. The molecule has 8 nitrogen and oxygen atoms in total. The molecule has 2 heterocycles. The van der Waals surface area contributed by atoms with E-state index in [2.05, 4.69) is 10.2 Å². The Morgan fingerprint density at radius 3 is 2.20 bits per heavy atom. The minimum absolute atomic E-state index is 0.00121. The van der Waals surface area contributed by atoms with Crippen LogP contribution in [0.25, 0.3) is 0 Å². The van der Waals surface area contributed by atoms with Gasteiger partial charge in [0.1, 0.15) is 17.2 Å². The first kappa shape index (κ1) is 32.1. The summed E-state index contributed by atoms with van der Waals surface area (Å²) in [5, 5.41) is 2.69. The fraction of sp³-hybridized carbons (Fsp3) is 0.581. The molecule has 1 N–H and O–H groups in total. The highest BCUT2D eigenvalue weighted by atomic mass is 19.1. The van der Waals surface area contributed by atoms with E-state index in [1.54, 1.807) is 11.8 Å². The molecular weight excluding hydrogens is 530 g/mol. The molecule has 0 saturated carbocycles. The molecule has 1 fully saturated rings. The smallest absolute Gasteiger partial charge is 0.410 e. The zero-order chi connectivity index (χ0) is 31.0. The quantitative estimate of drug-likeness (QED) is 0.491. The first-order valence-corrected chi connectivity index (χ1v) is 14.2. The number of carbonyl (C=O) groups excluding carboxylic acids is 2. The molecule has 1 aromatic heterocycles. The lowest BCUT2D eigenvalue weighted by Gasteiger charge is -2.47. The van der Waals surface area contributed by atoms with Gasteiger partial charge in [0.2, 0.25) is 0 Å². The van der Waals surface area contributed by atoms with E-state index in [9.17, 15) is 23.2 Å². The van der Waals surface area contributed by atoms with E-state index >= 15 is 0 Å². The van der Waals surface area contributed by atoms with Crippen LogP contribution in [0.5, 0.6) is 0 Å². The number of pyridine rings is 1. The molecule has 1 saturated heterocycles. The first-order valence-electron chi connectivity index (χ1n) is 14.2. The number of ether oxygens (including phenoxy) is 1. The molecule has 3 rings (SSSR count). The predicted molar refractivity (Wildman–Crippen MR) is 156 cm³/mol. The van der Waals surface area contributed by atoms with Crippen LogP contribution < -0.4 is 15.8 Å². The van der Waals surface area contributed by atoms with Crippen LogP contribution in [0.3, 0.4) is 0 Å². The van der Waals surface area contributed by atoms with Crippen molar-refractivity contribution in [2.24, 2.45) is 7.05 Å². The molecule has 2 amide bonds. The largest absolute Gasteiger partial charge is 0.444 e. The summed E-state index contributed by atoms with van der Waals surface area (Å²) >= 11 is 0. The van der Waals surface area contributed by atoms with Crippen molar-refractivity contribution in [3.05, 3.63) is 62.1 Å². The standard InChI is InChI=1S/C31H44F2N4O4/c1-11-36(23-12-17(2)37(18(3)13-23)30(40)41-31(7,8)9)26-15-22(32)14-24(19(26)4)28(38)34-16-25-20(5)27(33)21(6)35(10)29(25)39/h14-15,17-18,23H,11-13,16H2,1-10H3,(H,34,38). The van der Waals surface area contributed by atoms with E-state index in [0.29, 0.717) is 30.6 Å². The summed E-state index contributed by atoms with van der Waals surface area (Å²) < 4.78 is 36.4. The third-order valence-electron chi connectivity index (χ3n) is 8.05. The van der Waals surface area contributed by atoms with Gasteiger partial charge in [0.25, 0.3) is 11.5 Å². The molecule has 0 radical (unpaired) electrons. The monoisotopic (exact) mass is 574 g/mol. The van der Waals surface area contributed by atoms with E-state index in [-0.39, 0.29) is 53.1 Å². The fourth-order valence-corrected chi connectivity index (χ4v) is 5.84. The summed E-state index contributed by atoms with van der Waals surface area (Å²) in [7, 11) is 1.48. The zero-order valence-corrected chi connectivity index (χ0v) is 25.9. The summed E-state index contributed by atoms with van der Waals surface area (Å²) in [6.45, 7) is 16.6. The van der Waals surface area contributed by atoms with Gasteiger partial charge in [0, 0.05) is 55.1 Å². The number of hydrogen-bond acceptors (Lipinski definition) is 5. The highest BCUT2D eigenvalue weighted by molar-refractivity contribution is 5.97. The van der Waals surface area contributed by atoms with Gasteiger partial charge in [-0.15, -0.1) is 0 Å². The maximum atomic E-state index is 15.0. The van der Waals surface area contributed by atoms with Crippen LogP contribution in [0, 0.1) is 32.4 Å². The number of halogens is 2. The Kier molecular flexibility index (Phi) is 9.55. The average Bonchev–Trinajstić information content (AvgIpc) is 2.86. The Morgan fingerprint density at radius 1 is 1.07 bits per heavy atom. The fourth-order valence-electron chi connectivity index (χ4n) is 5.84. The maximum Gasteiger partial charge on any atom is 0.410 e. The minimum Gasteiger partial charge on any atom is -0.444 e. The minimum atomic E-state index is -0.599. The van der Waals surface area contributed by atoms with Crippen LogP contribution in [-0.4, -0.2) is 51.7 Å². The predicted octanol–water partition coefficient (Wildman–Crippen LogP) is 5.52. The second-order valence-electron chi connectivity index (χ2n) is 12.1. The highest BCUT2D eigenvalue weighted by Crippen LogP contribution is 2.34. The van der Waals surface area contributed by atoms with Gasteiger partial charge < -0.3 is 24.4 Å². The van der Waals surface area contributed by atoms with Crippen LogP contribution in [0.15, 0.2) is 16.9 Å². The van der Waals surface area contributed by atoms with Gasteiger partial charge in [0.05, 0.1) is 5.69 Å². The van der Waals surface area contributed by atoms with Crippen molar-refractivity contribution in [1.29, 1.82) is 0 Å². The number of amides is 2. The van der Waals surface area contributed by atoms with E-state index < -0.39 is 28.7 Å². The molecule has 0 aliphatic carbocycles. The Morgan fingerprint density at radius 2 is 1.66 bits per heavy atom. The number of carbonyl (C=O) groups is 2. The number of nitrogens with zero attached hydrogens (tertiary/aromatic N) is 3. The molecule has 1 aliphatic heterocycles. The summed E-state index contributed by atoms with van der Waals surface area (Å²) in [6.07, 6.45) is 0.950. The van der Waals surface area contributed by atoms with Crippen LogP contribution in [0.2, 0.25) is 0 Å². The molecule has 1 aromatic carbocycles. The molecule has 10 heteroatoms. The van der Waals surface area contributed by atoms with Crippen molar-refractivity contribution in [2.75, 3.05) is 11.4 Å². The van der Waals surface area contributed by atoms with Gasteiger partial charge in [-0.3, -0.25) is 9.59 Å². The van der Waals surface area contributed by atoms with Gasteiger partial charge in [0.15, 0.2) is 0 Å². The Hall–Kier alpha value is -3.43. The van der Waals surface area contributed by atoms with Crippen molar-refractivity contribution < 1.29 is 23.1 Å². The van der Waals surface area contributed by atoms with Crippen molar-refractivity contribution in [2.45, 2.75) is 105 Å². The topological polar surface area (TPSA) is 83.9 Å². The normalized spacial score (nSPS) is 19.2. The molecule has 0 bridgehead atoms. The van der Waals surface area contributed by atoms with Crippen LogP contribution in [-0.2, 0) is 18.3 Å². The Bertz CT molecular complexity index is 1370. The lowest BCUT2D eigenvalue weighted by molar-refractivity contribution is -0.00252. The molecule has 41 heavy (non-hydrogen) atoms. The molecule has 2 unspecified atom stereocenters. The summed E-state index contributed by atoms with van der Waals surface area (Å²) in [5.41, 5.74) is 0.894. The van der Waals surface area contributed by atoms with E-state index in [0.717, 1.165) is 0 Å². The number of likely N-dealkylation sites (tertiary alicyclic amines) is 1. The van der Waals surface area contributed by atoms with Crippen LogP contribution >= 0.6 is 0 Å². The second kappa shape index (κ2) is 12.2. The maximum absolute atomic E-state index is 15.0. The number of anilines is 1. The third kappa shape index (κ3) is 6.73. The van der Waals surface area contributed by atoms with Crippen molar-refractivity contribution in [3.63, 3.8) is 0 Å². The highest BCUT2D eigenvalue weighted by Gasteiger charge is 2.38. The van der Waals surface area contributed by atoms with Gasteiger partial charge in [-0.2, -0.15) is 0 Å². The number of benzene rings is 1. The van der Waals surface area contributed by atoms with Gasteiger partial charge in [-0.25, -0.2) is 13.6 Å². The molecular formula is C31H44F2N4O4. The number of aromatic nitrogens is 1. The van der Waals surface area contributed by atoms with E-state index in [1.165, 1.54) is 37.6 Å². The van der Waals surface area contributed by atoms with Gasteiger partial charge >= 0.3 is 6.09 Å². The first-order chi connectivity index (χ1) is 19.0. The van der Waals surface area contributed by atoms with E-state index in [4.69, 9.17) is 4.74 Å². The molecule has 0 spiro atoms. The third-order valence-corrected chi connectivity index (χ3v) is 8.05. The molecule has 226 valence electrons. The molecule has 2 atom stereocenters. The SMILES string of the molecule is CCN(c1cc(F)cc(C(=O)NCc2c(C)c(F)c(C)n(C)c2=O)c1C)C1CC(C)N(C(=O)OC(C)(C)C)C(C)C1. The summed E-state index contributed by atoms with van der Waals surface area (Å²) in [4.78, 5) is 42.7.